The third-order valence-electron chi connectivity index (χ3n) is 4.88. The summed E-state index contributed by atoms with van der Waals surface area (Å²) in [5.74, 6) is 0.910. The first-order valence-corrected chi connectivity index (χ1v) is 8.26. The van der Waals surface area contributed by atoms with E-state index in [-0.39, 0.29) is 0 Å². The van der Waals surface area contributed by atoms with Gasteiger partial charge in [-0.3, -0.25) is 0 Å². The summed E-state index contributed by atoms with van der Waals surface area (Å²) < 4.78 is 6.13. The molecule has 0 bridgehead atoms. The van der Waals surface area contributed by atoms with E-state index in [1.165, 1.54) is 37.7 Å². The Bertz CT molecular complexity index is 405. The van der Waals surface area contributed by atoms with Gasteiger partial charge >= 0.3 is 0 Å². The fraction of sp³-hybridized carbons (Fsp3) is 0.667. The van der Waals surface area contributed by atoms with Crippen LogP contribution in [0.2, 0.25) is 0 Å². The van der Waals surface area contributed by atoms with Crippen LogP contribution in [0.1, 0.15) is 44.6 Å². The highest BCUT2D eigenvalue weighted by Gasteiger charge is 2.35. The quantitative estimate of drug-likeness (QED) is 0.905. The Morgan fingerprint density at radius 1 is 1.20 bits per heavy atom. The summed E-state index contributed by atoms with van der Waals surface area (Å²) >= 11 is 0. The smallest absolute Gasteiger partial charge is 0.0729 e. The maximum absolute atomic E-state index is 6.13. The number of fused-ring (bicyclic) bond motifs is 1. The zero-order chi connectivity index (χ0) is 13.8. The Hall–Kier alpha value is -0.860. The summed E-state index contributed by atoms with van der Waals surface area (Å²) in [6, 6.07) is 11.8. The molecule has 1 aromatic carbocycles. The first-order valence-electron chi connectivity index (χ1n) is 8.26. The van der Waals surface area contributed by atoms with Crippen LogP contribution >= 0.6 is 0 Å². The van der Waals surface area contributed by atoms with E-state index in [1.54, 1.807) is 0 Å². The van der Waals surface area contributed by atoms with Gasteiger partial charge in [-0.1, -0.05) is 50.1 Å². The minimum atomic E-state index is 0.468. The maximum atomic E-state index is 6.13. The second-order valence-corrected chi connectivity index (χ2v) is 6.50. The highest BCUT2D eigenvalue weighted by atomic mass is 16.5. The standard InChI is InChI=1S/C18H27NO/c1-2-6-14-9-10-18-17(12-14)19-16(13-20-18)11-15-7-4-3-5-8-15/h3-5,7-8,14,16-19H,2,6,9-13H2,1H3. The van der Waals surface area contributed by atoms with E-state index in [4.69, 9.17) is 4.74 Å². The molecule has 20 heavy (non-hydrogen) atoms. The van der Waals surface area contributed by atoms with Crippen molar-refractivity contribution < 1.29 is 4.74 Å². The summed E-state index contributed by atoms with van der Waals surface area (Å²) in [5.41, 5.74) is 1.41. The Kier molecular flexibility index (Phi) is 4.74. The highest BCUT2D eigenvalue weighted by Crippen LogP contribution is 2.32. The van der Waals surface area contributed by atoms with Crippen LogP contribution in [0.25, 0.3) is 0 Å². The molecule has 110 valence electrons. The van der Waals surface area contributed by atoms with Gasteiger partial charge in [0, 0.05) is 12.1 Å². The molecule has 1 saturated carbocycles. The molecule has 2 fully saturated rings. The van der Waals surface area contributed by atoms with E-state index < -0.39 is 0 Å². The molecule has 0 radical (unpaired) electrons. The zero-order valence-corrected chi connectivity index (χ0v) is 12.6. The van der Waals surface area contributed by atoms with Gasteiger partial charge in [0.1, 0.15) is 0 Å². The van der Waals surface area contributed by atoms with Crippen molar-refractivity contribution in [3.8, 4) is 0 Å². The first-order chi connectivity index (χ1) is 9.85. The lowest BCUT2D eigenvalue weighted by Gasteiger charge is -2.43. The van der Waals surface area contributed by atoms with E-state index in [2.05, 4.69) is 42.6 Å². The summed E-state index contributed by atoms with van der Waals surface area (Å²) in [6.45, 7) is 3.17. The summed E-state index contributed by atoms with van der Waals surface area (Å²) in [6.07, 6.45) is 8.17. The molecule has 1 N–H and O–H groups in total. The third-order valence-corrected chi connectivity index (χ3v) is 4.88. The number of hydrogen-bond acceptors (Lipinski definition) is 2. The van der Waals surface area contributed by atoms with E-state index in [0.29, 0.717) is 18.2 Å². The van der Waals surface area contributed by atoms with E-state index in [9.17, 15) is 0 Å². The molecular weight excluding hydrogens is 246 g/mol. The Morgan fingerprint density at radius 2 is 2.05 bits per heavy atom. The summed E-state index contributed by atoms with van der Waals surface area (Å²) in [7, 11) is 0. The molecule has 1 aliphatic heterocycles. The van der Waals surface area contributed by atoms with Gasteiger partial charge < -0.3 is 10.1 Å². The van der Waals surface area contributed by atoms with E-state index >= 15 is 0 Å². The fourth-order valence-electron chi connectivity index (χ4n) is 3.88. The Balaban J connectivity index is 1.56. The largest absolute Gasteiger partial charge is 0.375 e. The molecule has 1 aliphatic carbocycles. The number of nitrogens with one attached hydrogen (secondary N) is 1. The molecular formula is C18H27NO. The van der Waals surface area contributed by atoms with Gasteiger partial charge in [-0.25, -0.2) is 0 Å². The van der Waals surface area contributed by atoms with Crippen molar-refractivity contribution in [3.63, 3.8) is 0 Å². The van der Waals surface area contributed by atoms with Gasteiger partial charge in [0.05, 0.1) is 12.7 Å². The molecule has 3 rings (SSSR count). The lowest BCUT2D eigenvalue weighted by Crippen LogP contribution is -2.57. The Morgan fingerprint density at radius 3 is 2.85 bits per heavy atom. The monoisotopic (exact) mass is 273 g/mol. The predicted molar refractivity (Wildman–Crippen MR) is 82.8 cm³/mol. The number of benzene rings is 1. The fourth-order valence-corrected chi connectivity index (χ4v) is 3.88. The van der Waals surface area contributed by atoms with Crippen molar-refractivity contribution in [3.05, 3.63) is 35.9 Å². The van der Waals surface area contributed by atoms with Crippen LogP contribution in [-0.2, 0) is 11.2 Å². The van der Waals surface area contributed by atoms with Crippen LogP contribution in [0.15, 0.2) is 30.3 Å². The summed E-state index contributed by atoms with van der Waals surface area (Å²) in [4.78, 5) is 0. The van der Waals surface area contributed by atoms with Gasteiger partial charge in [-0.15, -0.1) is 0 Å². The molecule has 1 saturated heterocycles. The molecule has 2 heteroatoms. The Labute approximate surface area is 122 Å². The molecule has 1 heterocycles. The van der Waals surface area contributed by atoms with Crippen LogP contribution < -0.4 is 5.32 Å². The second kappa shape index (κ2) is 6.73. The van der Waals surface area contributed by atoms with Crippen molar-refractivity contribution in [2.24, 2.45) is 5.92 Å². The van der Waals surface area contributed by atoms with Crippen LogP contribution in [0, 0.1) is 5.92 Å². The van der Waals surface area contributed by atoms with Crippen LogP contribution in [0.5, 0.6) is 0 Å². The van der Waals surface area contributed by atoms with Gasteiger partial charge in [0.25, 0.3) is 0 Å². The topological polar surface area (TPSA) is 21.3 Å². The maximum Gasteiger partial charge on any atom is 0.0729 e. The molecule has 0 spiro atoms. The van der Waals surface area contributed by atoms with Gasteiger partial charge in [0.2, 0.25) is 0 Å². The minimum Gasteiger partial charge on any atom is -0.375 e. The lowest BCUT2D eigenvalue weighted by molar-refractivity contribution is -0.0552. The number of ether oxygens (including phenoxy) is 1. The predicted octanol–water partition coefficient (Wildman–Crippen LogP) is 3.55. The minimum absolute atomic E-state index is 0.468. The van der Waals surface area contributed by atoms with Crippen molar-refractivity contribution in [1.82, 2.24) is 5.32 Å². The van der Waals surface area contributed by atoms with Crippen molar-refractivity contribution in [2.45, 2.75) is 63.6 Å². The lowest BCUT2D eigenvalue weighted by atomic mass is 9.80. The van der Waals surface area contributed by atoms with Crippen molar-refractivity contribution in [1.29, 1.82) is 0 Å². The molecule has 2 nitrogen and oxygen atoms in total. The van der Waals surface area contributed by atoms with Crippen molar-refractivity contribution >= 4 is 0 Å². The van der Waals surface area contributed by atoms with Crippen molar-refractivity contribution in [2.75, 3.05) is 6.61 Å². The third kappa shape index (κ3) is 3.42. The molecule has 1 aromatic rings. The molecule has 4 unspecified atom stereocenters. The van der Waals surface area contributed by atoms with Gasteiger partial charge in [-0.2, -0.15) is 0 Å². The number of hydrogen-bond donors (Lipinski definition) is 1. The SMILES string of the molecule is CCCC1CCC2OCC(Cc3ccccc3)NC2C1. The van der Waals surface area contributed by atoms with Gasteiger partial charge in [0.15, 0.2) is 0 Å². The van der Waals surface area contributed by atoms with E-state index in [1.807, 2.05) is 0 Å². The first kappa shape index (κ1) is 14.1. The molecule has 0 aromatic heterocycles. The van der Waals surface area contributed by atoms with Gasteiger partial charge in [-0.05, 0) is 37.2 Å². The average molecular weight is 273 g/mol. The second-order valence-electron chi connectivity index (χ2n) is 6.50. The molecule has 4 atom stereocenters. The molecule has 2 aliphatic rings. The zero-order valence-electron chi connectivity index (χ0n) is 12.6. The van der Waals surface area contributed by atoms with Crippen LogP contribution in [-0.4, -0.2) is 24.8 Å². The van der Waals surface area contributed by atoms with E-state index in [0.717, 1.165) is 18.9 Å². The van der Waals surface area contributed by atoms with Crippen LogP contribution in [0.4, 0.5) is 0 Å². The normalized spacial score (nSPS) is 33.6. The van der Waals surface area contributed by atoms with Crippen LogP contribution in [0.3, 0.4) is 0 Å². The number of morpholine rings is 1. The summed E-state index contributed by atoms with van der Waals surface area (Å²) in [5, 5.41) is 3.87. The average Bonchev–Trinajstić information content (AvgIpc) is 2.48. The highest BCUT2D eigenvalue weighted by molar-refractivity contribution is 5.16. The number of rotatable bonds is 4. The molecule has 0 amide bonds.